The van der Waals surface area contributed by atoms with Crippen LogP contribution in [0.3, 0.4) is 0 Å². The van der Waals surface area contributed by atoms with E-state index in [-0.39, 0.29) is 13.0 Å². The van der Waals surface area contributed by atoms with Crippen LogP contribution in [0, 0.1) is 6.92 Å². The van der Waals surface area contributed by atoms with Crippen LogP contribution in [-0.4, -0.2) is 33.3 Å². The van der Waals surface area contributed by atoms with Crippen LogP contribution < -0.4 is 10.6 Å². The number of urea groups is 1. The van der Waals surface area contributed by atoms with Crippen molar-refractivity contribution in [1.82, 2.24) is 20.8 Å². The van der Waals surface area contributed by atoms with Crippen LogP contribution in [0.5, 0.6) is 0 Å². The Balaban J connectivity index is 2.28. The SMILES string of the molecule is Cc1noc(CNC(=O)NC(C)CC(=O)O)n1. The fourth-order valence-corrected chi connectivity index (χ4v) is 1.16. The molecule has 2 amide bonds. The number of carboxylic acid groups (broad SMARTS) is 1. The molecule has 8 nitrogen and oxygen atoms in total. The summed E-state index contributed by atoms with van der Waals surface area (Å²) in [5, 5.41) is 17.0. The van der Waals surface area contributed by atoms with Crippen molar-refractivity contribution < 1.29 is 19.2 Å². The third kappa shape index (κ3) is 4.96. The molecule has 0 radical (unpaired) electrons. The Bertz CT molecular complexity index is 403. The number of carboxylic acids is 1. The Morgan fingerprint density at radius 3 is 2.76 bits per heavy atom. The summed E-state index contributed by atoms with van der Waals surface area (Å²) in [5.41, 5.74) is 0. The molecule has 94 valence electrons. The molecule has 1 aromatic rings. The van der Waals surface area contributed by atoms with Gasteiger partial charge < -0.3 is 20.3 Å². The molecule has 1 unspecified atom stereocenters. The van der Waals surface area contributed by atoms with Crippen molar-refractivity contribution in [1.29, 1.82) is 0 Å². The highest BCUT2D eigenvalue weighted by molar-refractivity contribution is 5.75. The second-order valence-electron chi connectivity index (χ2n) is 3.56. The molecule has 1 atom stereocenters. The molecule has 0 aliphatic rings. The van der Waals surface area contributed by atoms with Crippen molar-refractivity contribution in [3.05, 3.63) is 11.7 Å². The Labute approximate surface area is 97.4 Å². The van der Waals surface area contributed by atoms with Crippen LogP contribution in [0.4, 0.5) is 4.79 Å². The largest absolute Gasteiger partial charge is 0.481 e. The lowest BCUT2D eigenvalue weighted by Gasteiger charge is -2.11. The number of aromatic nitrogens is 2. The van der Waals surface area contributed by atoms with Gasteiger partial charge in [0.15, 0.2) is 5.82 Å². The Hall–Kier alpha value is -2.12. The number of nitrogens with one attached hydrogen (secondary N) is 2. The summed E-state index contributed by atoms with van der Waals surface area (Å²) in [6, 6.07) is -0.925. The van der Waals surface area contributed by atoms with Crippen LogP contribution in [0.1, 0.15) is 25.1 Å². The van der Waals surface area contributed by atoms with E-state index in [4.69, 9.17) is 9.63 Å². The van der Waals surface area contributed by atoms with E-state index in [1.165, 1.54) is 0 Å². The second-order valence-corrected chi connectivity index (χ2v) is 3.56. The Morgan fingerprint density at radius 2 is 2.24 bits per heavy atom. The fourth-order valence-electron chi connectivity index (χ4n) is 1.16. The first-order valence-corrected chi connectivity index (χ1v) is 5.02. The monoisotopic (exact) mass is 242 g/mol. The quantitative estimate of drug-likeness (QED) is 0.671. The van der Waals surface area contributed by atoms with E-state index in [0.717, 1.165) is 0 Å². The number of rotatable bonds is 5. The highest BCUT2D eigenvalue weighted by Crippen LogP contribution is 1.95. The van der Waals surface area contributed by atoms with Crippen LogP contribution in [0.25, 0.3) is 0 Å². The van der Waals surface area contributed by atoms with Crippen LogP contribution in [0.2, 0.25) is 0 Å². The summed E-state index contributed by atoms with van der Waals surface area (Å²) < 4.78 is 4.79. The zero-order valence-corrected chi connectivity index (χ0v) is 9.56. The minimum Gasteiger partial charge on any atom is -0.481 e. The molecule has 8 heteroatoms. The summed E-state index contributed by atoms with van der Waals surface area (Å²) >= 11 is 0. The number of hydrogen-bond acceptors (Lipinski definition) is 5. The molecule has 0 spiro atoms. The molecule has 0 aliphatic carbocycles. The standard InChI is InChI=1S/C9H14N4O4/c1-5(3-8(14)15)11-9(16)10-4-7-12-6(2)13-17-7/h5H,3-4H2,1-2H3,(H,14,15)(H2,10,11,16). The maximum atomic E-state index is 11.3. The van der Waals surface area contributed by atoms with Gasteiger partial charge in [0.2, 0.25) is 5.89 Å². The first-order valence-electron chi connectivity index (χ1n) is 5.02. The van der Waals surface area contributed by atoms with Gasteiger partial charge in [-0.1, -0.05) is 5.16 Å². The van der Waals surface area contributed by atoms with E-state index < -0.39 is 18.0 Å². The van der Waals surface area contributed by atoms with E-state index in [9.17, 15) is 9.59 Å². The molecule has 0 saturated heterocycles. The fraction of sp³-hybridized carbons (Fsp3) is 0.556. The van der Waals surface area contributed by atoms with Crippen molar-refractivity contribution in [2.45, 2.75) is 32.9 Å². The molecular formula is C9H14N4O4. The van der Waals surface area contributed by atoms with Crippen molar-refractivity contribution >= 4 is 12.0 Å². The smallest absolute Gasteiger partial charge is 0.315 e. The van der Waals surface area contributed by atoms with Gasteiger partial charge in [0, 0.05) is 6.04 Å². The summed E-state index contributed by atoms with van der Waals surface area (Å²) in [6.45, 7) is 3.37. The highest BCUT2D eigenvalue weighted by Gasteiger charge is 2.11. The third-order valence-corrected chi connectivity index (χ3v) is 1.83. The molecule has 0 bridgehead atoms. The lowest BCUT2D eigenvalue weighted by molar-refractivity contribution is -0.137. The minimum absolute atomic E-state index is 0.104. The van der Waals surface area contributed by atoms with Gasteiger partial charge in [-0.25, -0.2) is 4.79 Å². The van der Waals surface area contributed by atoms with Crippen molar-refractivity contribution in [2.75, 3.05) is 0 Å². The molecule has 1 heterocycles. The number of aryl methyl sites for hydroxylation is 1. The van der Waals surface area contributed by atoms with Gasteiger partial charge in [0.25, 0.3) is 0 Å². The van der Waals surface area contributed by atoms with Gasteiger partial charge in [-0.3, -0.25) is 4.79 Å². The molecule has 1 aromatic heterocycles. The zero-order chi connectivity index (χ0) is 12.8. The number of amides is 2. The van der Waals surface area contributed by atoms with E-state index in [0.29, 0.717) is 11.7 Å². The molecule has 17 heavy (non-hydrogen) atoms. The minimum atomic E-state index is -0.967. The summed E-state index contributed by atoms with van der Waals surface area (Å²) in [6.07, 6.45) is -0.132. The predicted molar refractivity (Wildman–Crippen MR) is 56.1 cm³/mol. The molecular weight excluding hydrogens is 228 g/mol. The number of nitrogens with zero attached hydrogens (tertiary/aromatic N) is 2. The number of hydrogen-bond donors (Lipinski definition) is 3. The van der Waals surface area contributed by atoms with E-state index >= 15 is 0 Å². The maximum absolute atomic E-state index is 11.3. The first kappa shape index (κ1) is 12.9. The van der Waals surface area contributed by atoms with Gasteiger partial charge >= 0.3 is 12.0 Å². The van der Waals surface area contributed by atoms with Crippen LogP contribution in [-0.2, 0) is 11.3 Å². The topological polar surface area (TPSA) is 117 Å². The lowest BCUT2D eigenvalue weighted by atomic mass is 10.2. The highest BCUT2D eigenvalue weighted by atomic mass is 16.5. The summed E-state index contributed by atoms with van der Waals surface area (Å²) in [5.74, 6) is -0.185. The number of aliphatic carboxylic acids is 1. The van der Waals surface area contributed by atoms with Crippen molar-refractivity contribution in [3.63, 3.8) is 0 Å². The van der Waals surface area contributed by atoms with Crippen LogP contribution in [0.15, 0.2) is 4.52 Å². The van der Waals surface area contributed by atoms with Crippen molar-refractivity contribution in [2.24, 2.45) is 0 Å². The maximum Gasteiger partial charge on any atom is 0.315 e. The molecule has 1 rings (SSSR count). The van der Waals surface area contributed by atoms with Crippen molar-refractivity contribution in [3.8, 4) is 0 Å². The normalized spacial score (nSPS) is 11.9. The van der Waals surface area contributed by atoms with E-state index in [1.54, 1.807) is 13.8 Å². The van der Waals surface area contributed by atoms with Gasteiger partial charge in [0.05, 0.1) is 13.0 Å². The Morgan fingerprint density at radius 1 is 1.53 bits per heavy atom. The Kier molecular flexibility index (Phi) is 4.44. The third-order valence-electron chi connectivity index (χ3n) is 1.83. The molecule has 3 N–H and O–H groups in total. The number of carbonyl (C=O) groups is 2. The molecule has 0 saturated carbocycles. The predicted octanol–water partition coefficient (Wildman–Crippen LogP) is 0.0404. The van der Waals surface area contributed by atoms with Gasteiger partial charge in [-0.2, -0.15) is 4.98 Å². The van der Waals surface area contributed by atoms with Gasteiger partial charge in [0.1, 0.15) is 0 Å². The summed E-state index contributed by atoms with van der Waals surface area (Å²) in [4.78, 5) is 25.6. The zero-order valence-electron chi connectivity index (χ0n) is 9.56. The second kappa shape index (κ2) is 5.83. The molecule has 0 aliphatic heterocycles. The van der Waals surface area contributed by atoms with E-state index in [2.05, 4.69) is 20.8 Å². The lowest BCUT2D eigenvalue weighted by Crippen LogP contribution is -2.41. The average Bonchev–Trinajstić information content (AvgIpc) is 2.59. The van der Waals surface area contributed by atoms with Crippen LogP contribution >= 0.6 is 0 Å². The van der Waals surface area contributed by atoms with Gasteiger partial charge in [-0.15, -0.1) is 0 Å². The van der Waals surface area contributed by atoms with E-state index in [1.807, 2.05) is 0 Å². The average molecular weight is 242 g/mol. The summed E-state index contributed by atoms with van der Waals surface area (Å²) in [7, 11) is 0. The molecule has 0 fully saturated rings. The van der Waals surface area contributed by atoms with Gasteiger partial charge in [-0.05, 0) is 13.8 Å². The number of carbonyl (C=O) groups excluding carboxylic acids is 1. The molecule has 0 aromatic carbocycles. The first-order chi connectivity index (χ1) is 7.97.